The second-order valence-corrected chi connectivity index (χ2v) is 3.12. The van der Waals surface area contributed by atoms with E-state index >= 15 is 0 Å². The van der Waals surface area contributed by atoms with Crippen molar-refractivity contribution in [3.8, 4) is 0 Å². The third-order valence-corrected chi connectivity index (χ3v) is 1.99. The van der Waals surface area contributed by atoms with Gasteiger partial charge in [-0.2, -0.15) is 0 Å². The summed E-state index contributed by atoms with van der Waals surface area (Å²) in [5, 5.41) is 0.380. The van der Waals surface area contributed by atoms with Gasteiger partial charge in [0.1, 0.15) is 5.82 Å². The number of hydrogen-bond donors (Lipinski definition) is 1. The molecule has 1 aromatic carbocycles. The van der Waals surface area contributed by atoms with Crippen molar-refractivity contribution in [1.82, 2.24) is 0 Å². The summed E-state index contributed by atoms with van der Waals surface area (Å²) >= 11 is 9.38. The predicted octanol–water partition coefficient (Wildman–Crippen LogP) is 3.09. The Labute approximate surface area is 79.3 Å². The maximum atomic E-state index is 12.8. The number of rotatable bonds is 1. The molecule has 1 rings (SSSR count). The van der Waals surface area contributed by atoms with Crippen molar-refractivity contribution >= 4 is 29.9 Å². The molecule has 0 spiro atoms. The third-order valence-electron chi connectivity index (χ3n) is 1.35. The van der Waals surface area contributed by atoms with Crippen LogP contribution in [0, 0.1) is 5.82 Å². The van der Waals surface area contributed by atoms with Crippen LogP contribution in [-0.4, -0.2) is 7.05 Å². The average molecular weight is 210 g/mol. The topological polar surface area (TPSA) is 3.24 Å². The summed E-state index contributed by atoms with van der Waals surface area (Å²) in [4.78, 5) is 0.102. The summed E-state index contributed by atoms with van der Waals surface area (Å²) in [6, 6.07) is 2.25. The van der Waals surface area contributed by atoms with E-state index in [-0.39, 0.29) is 20.7 Å². The second-order valence-electron chi connectivity index (χ2n) is 2.23. The Morgan fingerprint density at radius 2 is 2.08 bits per heavy atom. The number of benzene rings is 1. The molecule has 0 amide bonds. The summed E-state index contributed by atoms with van der Waals surface area (Å²) in [5.74, 6) is -0.595. The fraction of sp³-hybridized carbons (Fsp3) is 0.143. The van der Waals surface area contributed by atoms with Crippen LogP contribution in [0.4, 0.5) is 14.6 Å². The van der Waals surface area contributed by atoms with Gasteiger partial charge in [-0.3, -0.25) is 0 Å². The fourth-order valence-electron chi connectivity index (χ4n) is 0.762. The maximum Gasteiger partial charge on any atom is 0.138 e. The molecule has 66 valence electrons. The second kappa shape index (κ2) is 3.49. The standard InChI is InChI=1S/C7H6ClF2NS/c1-11(10)6-3-5(9)7(12)2-4(6)8/h2-3,12H,1H3. The van der Waals surface area contributed by atoms with E-state index in [9.17, 15) is 8.87 Å². The van der Waals surface area contributed by atoms with E-state index in [4.69, 9.17) is 11.6 Å². The lowest BCUT2D eigenvalue weighted by Gasteiger charge is -2.09. The zero-order valence-electron chi connectivity index (χ0n) is 6.18. The van der Waals surface area contributed by atoms with Gasteiger partial charge >= 0.3 is 0 Å². The van der Waals surface area contributed by atoms with Crippen LogP contribution >= 0.6 is 24.2 Å². The van der Waals surface area contributed by atoms with E-state index in [2.05, 4.69) is 12.6 Å². The minimum atomic E-state index is -0.595. The van der Waals surface area contributed by atoms with Gasteiger partial charge in [0, 0.05) is 18.0 Å². The normalized spacial score (nSPS) is 10.1. The van der Waals surface area contributed by atoms with Crippen molar-refractivity contribution in [1.29, 1.82) is 0 Å². The van der Waals surface area contributed by atoms with Gasteiger partial charge in [0.05, 0.1) is 10.7 Å². The van der Waals surface area contributed by atoms with E-state index in [1.807, 2.05) is 0 Å². The lowest BCUT2D eigenvalue weighted by Crippen LogP contribution is -2.03. The Bertz CT molecular complexity index is 304. The first-order valence-electron chi connectivity index (χ1n) is 3.10. The van der Waals surface area contributed by atoms with Crippen molar-refractivity contribution in [2.75, 3.05) is 12.2 Å². The zero-order valence-corrected chi connectivity index (χ0v) is 7.83. The molecule has 0 saturated heterocycles. The molecule has 0 saturated carbocycles. The Balaban J connectivity index is 3.23. The SMILES string of the molecule is CN(F)c1cc(F)c(S)cc1Cl. The Morgan fingerprint density at radius 3 is 2.58 bits per heavy atom. The highest BCUT2D eigenvalue weighted by Gasteiger charge is 2.09. The molecule has 0 radical (unpaired) electrons. The molecule has 0 heterocycles. The quantitative estimate of drug-likeness (QED) is 0.550. The molecule has 5 heteroatoms. The van der Waals surface area contributed by atoms with E-state index in [1.54, 1.807) is 0 Å². The Morgan fingerprint density at radius 1 is 1.50 bits per heavy atom. The number of anilines is 1. The van der Waals surface area contributed by atoms with Gasteiger partial charge < -0.3 is 0 Å². The lowest BCUT2D eigenvalue weighted by atomic mass is 10.3. The van der Waals surface area contributed by atoms with Crippen LogP contribution in [0.15, 0.2) is 17.0 Å². The first kappa shape index (κ1) is 9.61. The van der Waals surface area contributed by atoms with Gasteiger partial charge in [0.15, 0.2) is 0 Å². The van der Waals surface area contributed by atoms with Gasteiger partial charge in [-0.05, 0) is 6.07 Å². The molecule has 0 aromatic heterocycles. The van der Waals surface area contributed by atoms with Crippen molar-refractivity contribution < 1.29 is 8.87 Å². The molecule has 0 aliphatic rings. The van der Waals surface area contributed by atoms with E-state index < -0.39 is 5.82 Å². The Kier molecular flexibility index (Phi) is 2.80. The molecule has 12 heavy (non-hydrogen) atoms. The number of thiol groups is 1. The van der Waals surface area contributed by atoms with Gasteiger partial charge in [-0.25, -0.2) is 9.51 Å². The van der Waals surface area contributed by atoms with Crippen LogP contribution in [0.5, 0.6) is 0 Å². The molecule has 0 aliphatic carbocycles. The van der Waals surface area contributed by atoms with Gasteiger partial charge in [0.2, 0.25) is 0 Å². The van der Waals surface area contributed by atoms with Crippen LogP contribution in [0.2, 0.25) is 5.02 Å². The molecule has 0 unspecified atom stereocenters. The maximum absolute atomic E-state index is 12.8. The summed E-state index contributed by atoms with van der Waals surface area (Å²) < 4.78 is 25.4. The molecular weight excluding hydrogens is 204 g/mol. The number of hydrogen-bond acceptors (Lipinski definition) is 2. The first-order chi connectivity index (χ1) is 5.52. The summed E-state index contributed by atoms with van der Waals surface area (Å²) in [5.41, 5.74) is -0.00744. The average Bonchev–Trinajstić information content (AvgIpc) is 1.96. The zero-order chi connectivity index (χ0) is 9.30. The highest BCUT2D eigenvalue weighted by atomic mass is 35.5. The van der Waals surface area contributed by atoms with E-state index in [1.165, 1.54) is 6.07 Å². The summed E-state index contributed by atoms with van der Waals surface area (Å²) in [6.07, 6.45) is 0. The van der Waals surface area contributed by atoms with Crippen LogP contribution in [0.25, 0.3) is 0 Å². The largest absolute Gasteiger partial charge is 0.213 e. The van der Waals surface area contributed by atoms with Crippen molar-refractivity contribution in [2.45, 2.75) is 4.90 Å². The van der Waals surface area contributed by atoms with Crippen LogP contribution in [0.1, 0.15) is 0 Å². The molecule has 0 bridgehead atoms. The molecule has 0 N–H and O–H groups in total. The van der Waals surface area contributed by atoms with Gasteiger partial charge in [-0.15, -0.1) is 17.1 Å². The molecule has 0 fully saturated rings. The fourth-order valence-corrected chi connectivity index (χ4v) is 1.31. The molecular formula is C7H6ClF2NS. The minimum Gasteiger partial charge on any atom is -0.213 e. The summed E-state index contributed by atoms with van der Waals surface area (Å²) in [6.45, 7) is 0. The van der Waals surface area contributed by atoms with Crippen molar-refractivity contribution in [3.63, 3.8) is 0 Å². The highest BCUT2D eigenvalue weighted by molar-refractivity contribution is 7.80. The van der Waals surface area contributed by atoms with Crippen LogP contribution in [-0.2, 0) is 0 Å². The Hall–Kier alpha value is -0.480. The molecule has 0 atom stereocenters. The van der Waals surface area contributed by atoms with Crippen molar-refractivity contribution in [3.05, 3.63) is 23.0 Å². The first-order valence-corrected chi connectivity index (χ1v) is 3.92. The monoisotopic (exact) mass is 209 g/mol. The number of halogens is 3. The minimum absolute atomic E-state index is 0.00744. The predicted molar refractivity (Wildman–Crippen MR) is 48.2 cm³/mol. The van der Waals surface area contributed by atoms with E-state index in [0.717, 1.165) is 13.1 Å². The highest BCUT2D eigenvalue weighted by Crippen LogP contribution is 2.29. The lowest BCUT2D eigenvalue weighted by molar-refractivity contribution is 0.473. The van der Waals surface area contributed by atoms with Crippen LogP contribution in [0.3, 0.4) is 0 Å². The van der Waals surface area contributed by atoms with Gasteiger partial charge in [-0.1, -0.05) is 11.6 Å². The van der Waals surface area contributed by atoms with E-state index in [0.29, 0.717) is 0 Å². The van der Waals surface area contributed by atoms with Crippen molar-refractivity contribution in [2.24, 2.45) is 0 Å². The molecule has 1 nitrogen and oxygen atoms in total. The number of nitrogens with zero attached hydrogens (tertiary/aromatic N) is 1. The smallest absolute Gasteiger partial charge is 0.138 e. The van der Waals surface area contributed by atoms with Gasteiger partial charge in [0.25, 0.3) is 0 Å². The summed E-state index contributed by atoms with van der Waals surface area (Å²) in [7, 11) is 1.14. The van der Waals surface area contributed by atoms with Crippen LogP contribution < -0.4 is 5.12 Å². The molecule has 1 aromatic rings. The third kappa shape index (κ3) is 1.81. The molecule has 0 aliphatic heterocycles.